The minimum absolute atomic E-state index is 0.0899. The second-order valence-corrected chi connectivity index (χ2v) is 5.57. The summed E-state index contributed by atoms with van der Waals surface area (Å²) in [6, 6.07) is 0. The van der Waals surface area contributed by atoms with E-state index in [1.807, 2.05) is 18.8 Å². The first-order valence-electron chi connectivity index (χ1n) is 6.50. The Morgan fingerprint density at radius 1 is 1.44 bits per heavy atom. The van der Waals surface area contributed by atoms with Gasteiger partial charge in [0, 0.05) is 32.2 Å². The number of aromatic nitrogens is 2. The fraction of sp³-hybridized carbons (Fsp3) is 0.769. The van der Waals surface area contributed by atoms with Gasteiger partial charge >= 0.3 is 0 Å². The van der Waals surface area contributed by atoms with Crippen LogP contribution < -0.4 is 10.2 Å². The van der Waals surface area contributed by atoms with E-state index in [0.717, 1.165) is 31.9 Å². The zero-order valence-corrected chi connectivity index (χ0v) is 12.1. The summed E-state index contributed by atoms with van der Waals surface area (Å²) in [7, 11) is 3.99. The van der Waals surface area contributed by atoms with E-state index in [1.165, 1.54) is 11.4 Å². The third kappa shape index (κ3) is 2.52. The molecule has 0 spiro atoms. The minimum atomic E-state index is -0.0899. The van der Waals surface area contributed by atoms with Crippen molar-refractivity contribution in [3.05, 3.63) is 11.3 Å². The largest absolute Gasteiger partial charge is 0.372 e. The number of anilines is 1. The van der Waals surface area contributed by atoms with Gasteiger partial charge in [0.25, 0.3) is 0 Å². The van der Waals surface area contributed by atoms with Crippen molar-refractivity contribution < 1.29 is 4.74 Å². The number of aryl methyl sites for hydroxylation is 2. The van der Waals surface area contributed by atoms with Crippen molar-refractivity contribution in [2.45, 2.75) is 32.9 Å². The molecule has 0 amide bonds. The summed E-state index contributed by atoms with van der Waals surface area (Å²) in [6.07, 6.45) is 0. The lowest BCUT2D eigenvalue weighted by Crippen LogP contribution is -2.49. The van der Waals surface area contributed by atoms with E-state index in [4.69, 9.17) is 4.74 Å². The number of hydrogen-bond acceptors (Lipinski definition) is 4. The third-order valence-corrected chi connectivity index (χ3v) is 3.39. The second-order valence-electron chi connectivity index (χ2n) is 5.57. The number of rotatable bonds is 3. The molecule has 0 aromatic carbocycles. The van der Waals surface area contributed by atoms with Crippen LogP contribution in [0.4, 0.5) is 5.82 Å². The van der Waals surface area contributed by atoms with Gasteiger partial charge in [0.2, 0.25) is 0 Å². The summed E-state index contributed by atoms with van der Waals surface area (Å²) >= 11 is 0. The molecule has 1 saturated heterocycles. The summed E-state index contributed by atoms with van der Waals surface area (Å²) in [4.78, 5) is 2.39. The molecule has 5 heteroatoms. The van der Waals surface area contributed by atoms with Crippen LogP contribution in [0.1, 0.15) is 25.1 Å². The number of ether oxygens (including phenoxy) is 1. The average Bonchev–Trinajstić information content (AvgIpc) is 2.53. The van der Waals surface area contributed by atoms with Crippen molar-refractivity contribution in [1.82, 2.24) is 15.1 Å². The highest BCUT2D eigenvalue weighted by atomic mass is 16.5. The molecule has 102 valence electrons. The van der Waals surface area contributed by atoms with Crippen molar-refractivity contribution in [2.24, 2.45) is 7.05 Å². The molecule has 1 aromatic rings. The van der Waals surface area contributed by atoms with Crippen molar-refractivity contribution >= 4 is 5.82 Å². The first-order chi connectivity index (χ1) is 8.44. The molecule has 2 heterocycles. The van der Waals surface area contributed by atoms with Gasteiger partial charge in [-0.25, -0.2) is 0 Å². The lowest BCUT2D eigenvalue weighted by Gasteiger charge is -2.39. The lowest BCUT2D eigenvalue weighted by molar-refractivity contribution is -0.0281. The maximum Gasteiger partial charge on any atom is 0.131 e. The van der Waals surface area contributed by atoms with Gasteiger partial charge in [-0.3, -0.25) is 4.68 Å². The standard InChI is InChI=1S/C13H24N4O/c1-10-11(8-14-4)12(16(5)15-10)17-6-7-18-13(2,3)9-17/h14H,6-9H2,1-5H3. The van der Waals surface area contributed by atoms with E-state index in [-0.39, 0.29) is 5.60 Å². The topological polar surface area (TPSA) is 42.3 Å². The van der Waals surface area contributed by atoms with Gasteiger partial charge in [0.15, 0.2) is 0 Å². The smallest absolute Gasteiger partial charge is 0.131 e. The molecule has 0 saturated carbocycles. The van der Waals surface area contributed by atoms with Gasteiger partial charge in [-0.15, -0.1) is 0 Å². The summed E-state index contributed by atoms with van der Waals surface area (Å²) < 4.78 is 7.77. The molecule has 0 unspecified atom stereocenters. The Morgan fingerprint density at radius 3 is 2.78 bits per heavy atom. The number of hydrogen-bond donors (Lipinski definition) is 1. The molecule has 1 N–H and O–H groups in total. The van der Waals surface area contributed by atoms with Crippen molar-refractivity contribution in [3.63, 3.8) is 0 Å². The van der Waals surface area contributed by atoms with Gasteiger partial charge in [-0.05, 0) is 27.8 Å². The Bertz CT molecular complexity index is 425. The second kappa shape index (κ2) is 4.90. The summed E-state index contributed by atoms with van der Waals surface area (Å²) in [5, 5.41) is 7.77. The Labute approximate surface area is 109 Å². The molecular formula is C13H24N4O. The Kier molecular flexibility index (Phi) is 3.64. The summed E-state index contributed by atoms with van der Waals surface area (Å²) in [5.74, 6) is 1.22. The zero-order valence-electron chi connectivity index (χ0n) is 12.1. The lowest BCUT2D eigenvalue weighted by atomic mass is 10.1. The molecule has 18 heavy (non-hydrogen) atoms. The molecule has 0 atom stereocenters. The highest BCUT2D eigenvalue weighted by molar-refractivity contribution is 5.50. The molecular weight excluding hydrogens is 228 g/mol. The quantitative estimate of drug-likeness (QED) is 0.873. The van der Waals surface area contributed by atoms with Crippen LogP contribution in [0, 0.1) is 6.92 Å². The number of nitrogens with one attached hydrogen (secondary N) is 1. The van der Waals surface area contributed by atoms with Crippen LogP contribution in [0.25, 0.3) is 0 Å². The van der Waals surface area contributed by atoms with Crippen molar-refractivity contribution in [3.8, 4) is 0 Å². The average molecular weight is 252 g/mol. The van der Waals surface area contributed by atoms with Crippen LogP contribution in [0.5, 0.6) is 0 Å². The van der Waals surface area contributed by atoms with E-state index in [9.17, 15) is 0 Å². The van der Waals surface area contributed by atoms with Crippen LogP contribution in [0.2, 0.25) is 0 Å². The molecule has 1 aliphatic heterocycles. The summed E-state index contributed by atoms with van der Waals surface area (Å²) in [5.41, 5.74) is 2.30. The van der Waals surface area contributed by atoms with Crippen LogP contribution in [-0.2, 0) is 18.3 Å². The number of morpholine rings is 1. The van der Waals surface area contributed by atoms with Gasteiger partial charge in [0.1, 0.15) is 5.82 Å². The van der Waals surface area contributed by atoms with Crippen LogP contribution in [0.3, 0.4) is 0 Å². The van der Waals surface area contributed by atoms with Gasteiger partial charge < -0.3 is 15.0 Å². The molecule has 0 radical (unpaired) electrons. The SMILES string of the molecule is CNCc1c(C)nn(C)c1N1CCOC(C)(C)C1. The van der Waals surface area contributed by atoms with Crippen LogP contribution in [0.15, 0.2) is 0 Å². The third-order valence-electron chi connectivity index (χ3n) is 3.39. The van der Waals surface area contributed by atoms with Gasteiger partial charge in [-0.2, -0.15) is 5.10 Å². The maximum absolute atomic E-state index is 5.78. The fourth-order valence-electron chi connectivity index (χ4n) is 2.67. The molecule has 1 aliphatic rings. The van der Waals surface area contributed by atoms with E-state index in [0.29, 0.717) is 0 Å². The molecule has 1 fully saturated rings. The first kappa shape index (κ1) is 13.4. The molecule has 1 aromatic heterocycles. The van der Waals surface area contributed by atoms with Gasteiger partial charge in [0.05, 0.1) is 17.9 Å². The summed E-state index contributed by atoms with van der Waals surface area (Å²) in [6.45, 7) is 9.81. The molecule has 5 nitrogen and oxygen atoms in total. The van der Waals surface area contributed by atoms with Crippen molar-refractivity contribution in [1.29, 1.82) is 0 Å². The number of nitrogens with zero attached hydrogens (tertiary/aromatic N) is 3. The molecule has 0 bridgehead atoms. The Hall–Kier alpha value is -1.07. The van der Waals surface area contributed by atoms with E-state index in [2.05, 4.69) is 36.1 Å². The van der Waals surface area contributed by atoms with E-state index in [1.54, 1.807) is 0 Å². The predicted molar refractivity (Wildman–Crippen MR) is 73.0 cm³/mol. The normalized spacial score (nSPS) is 19.3. The van der Waals surface area contributed by atoms with E-state index < -0.39 is 0 Å². The van der Waals surface area contributed by atoms with Crippen LogP contribution >= 0.6 is 0 Å². The van der Waals surface area contributed by atoms with Crippen molar-refractivity contribution in [2.75, 3.05) is 31.6 Å². The van der Waals surface area contributed by atoms with Crippen LogP contribution in [-0.4, -0.2) is 42.1 Å². The molecule has 2 rings (SSSR count). The minimum Gasteiger partial charge on any atom is -0.372 e. The highest BCUT2D eigenvalue weighted by Crippen LogP contribution is 2.27. The molecule has 0 aliphatic carbocycles. The van der Waals surface area contributed by atoms with Gasteiger partial charge in [-0.1, -0.05) is 0 Å². The fourth-order valence-corrected chi connectivity index (χ4v) is 2.67. The Morgan fingerprint density at radius 2 is 2.17 bits per heavy atom. The first-order valence-corrected chi connectivity index (χ1v) is 6.50. The Balaban J connectivity index is 2.32. The predicted octanol–water partition coefficient (Wildman–Crippen LogP) is 1.06. The zero-order chi connectivity index (χ0) is 13.3. The van der Waals surface area contributed by atoms with E-state index >= 15 is 0 Å². The maximum atomic E-state index is 5.78. The highest BCUT2D eigenvalue weighted by Gasteiger charge is 2.30. The monoisotopic (exact) mass is 252 g/mol.